The lowest BCUT2D eigenvalue weighted by Crippen LogP contribution is -2.51. The third kappa shape index (κ3) is 3.70. The molecule has 2 atom stereocenters. The summed E-state index contributed by atoms with van der Waals surface area (Å²) in [4.78, 5) is 15.3. The van der Waals surface area contributed by atoms with E-state index in [9.17, 15) is 14.4 Å². The lowest BCUT2D eigenvalue weighted by atomic mass is 9.82. The Morgan fingerprint density at radius 3 is 2.40 bits per heavy atom. The van der Waals surface area contributed by atoms with Gasteiger partial charge in [0.05, 0.1) is 17.7 Å². The normalized spacial score (nSPS) is 20.5. The van der Waals surface area contributed by atoms with Gasteiger partial charge in [0.15, 0.2) is 0 Å². The van der Waals surface area contributed by atoms with Crippen LogP contribution in [0.4, 0.5) is 9.18 Å². The van der Waals surface area contributed by atoms with Crippen LogP contribution in [0.25, 0.3) is 16.7 Å². The molecule has 2 bridgehead atoms. The van der Waals surface area contributed by atoms with Gasteiger partial charge in [0, 0.05) is 12.0 Å². The Morgan fingerprint density at radius 2 is 1.71 bits per heavy atom. The maximum Gasteiger partial charge on any atom is 0.410 e. The fraction of sp³-hybridized carbons (Fsp3) is 0.267. The molecule has 3 aromatic carbocycles. The van der Waals surface area contributed by atoms with Crippen LogP contribution in [0.5, 0.6) is 0 Å². The maximum absolute atomic E-state index is 13.7. The summed E-state index contributed by atoms with van der Waals surface area (Å²) in [6.45, 7) is 0.302. The Balaban J connectivity index is 1.23. The molecule has 6 rings (SSSR count). The van der Waals surface area contributed by atoms with Crippen molar-refractivity contribution in [2.24, 2.45) is 0 Å². The van der Waals surface area contributed by atoms with Crippen LogP contribution < -0.4 is 0 Å². The van der Waals surface area contributed by atoms with E-state index in [0.717, 1.165) is 30.4 Å². The van der Waals surface area contributed by atoms with Crippen LogP contribution >= 0.6 is 0 Å². The molecule has 1 fully saturated rings. The molecule has 3 aromatic rings. The first-order chi connectivity index (χ1) is 17.1. The van der Waals surface area contributed by atoms with E-state index in [4.69, 9.17) is 4.74 Å². The zero-order valence-electron chi connectivity index (χ0n) is 19.3. The van der Waals surface area contributed by atoms with Crippen molar-refractivity contribution in [1.82, 2.24) is 4.90 Å². The average Bonchev–Trinajstić information content (AvgIpc) is 3.20. The van der Waals surface area contributed by atoms with Gasteiger partial charge in [-0.1, -0.05) is 60.7 Å². The molecule has 0 spiro atoms. The number of nitrogens with zero attached hydrogens (tertiary/aromatic N) is 2. The third-order valence-corrected chi connectivity index (χ3v) is 7.63. The lowest BCUT2D eigenvalue weighted by Gasteiger charge is -2.44. The summed E-state index contributed by atoms with van der Waals surface area (Å²) in [5.41, 5.74) is 6.92. The van der Waals surface area contributed by atoms with Crippen molar-refractivity contribution in [2.45, 2.75) is 43.7 Å². The van der Waals surface area contributed by atoms with E-state index in [1.165, 1.54) is 34.4 Å². The van der Waals surface area contributed by atoms with E-state index in [0.29, 0.717) is 18.6 Å². The highest BCUT2D eigenvalue weighted by Crippen LogP contribution is 2.45. The fourth-order valence-corrected chi connectivity index (χ4v) is 6.07. The number of rotatable bonds is 3. The number of amides is 1. The quantitative estimate of drug-likeness (QED) is 0.436. The number of piperidine rings is 1. The van der Waals surface area contributed by atoms with E-state index in [-0.39, 0.29) is 24.1 Å². The minimum absolute atomic E-state index is 0.0148. The lowest BCUT2D eigenvalue weighted by molar-refractivity contribution is 0.0539. The Kier molecular flexibility index (Phi) is 5.37. The van der Waals surface area contributed by atoms with Crippen LogP contribution in [0, 0.1) is 17.1 Å². The van der Waals surface area contributed by atoms with E-state index >= 15 is 0 Å². The van der Waals surface area contributed by atoms with Crippen LogP contribution in [0.1, 0.15) is 53.9 Å². The Morgan fingerprint density at radius 1 is 1.00 bits per heavy atom. The predicted molar refractivity (Wildman–Crippen MR) is 132 cm³/mol. The number of hydrogen-bond donors (Lipinski definition) is 0. The van der Waals surface area contributed by atoms with Gasteiger partial charge >= 0.3 is 6.09 Å². The average molecular weight is 465 g/mol. The number of halogens is 1. The number of ether oxygens (including phenoxy) is 1. The van der Waals surface area contributed by atoms with Gasteiger partial charge in [0.1, 0.15) is 12.4 Å². The van der Waals surface area contributed by atoms with Crippen molar-refractivity contribution in [2.75, 3.05) is 6.61 Å². The number of nitriles is 1. The summed E-state index contributed by atoms with van der Waals surface area (Å²) in [5, 5.41) is 9.50. The minimum atomic E-state index is -0.415. The molecule has 2 heterocycles. The molecular formula is C30H25FN2O2. The highest BCUT2D eigenvalue weighted by molar-refractivity contribution is 5.80. The Labute approximate surface area is 204 Å². The van der Waals surface area contributed by atoms with E-state index < -0.39 is 5.82 Å². The van der Waals surface area contributed by atoms with Gasteiger partial charge in [-0.2, -0.15) is 5.26 Å². The second-order valence-electron chi connectivity index (χ2n) is 9.56. The molecule has 4 nitrogen and oxygen atoms in total. The summed E-state index contributed by atoms with van der Waals surface area (Å²) in [6.07, 6.45) is 5.22. The van der Waals surface area contributed by atoms with Gasteiger partial charge in [-0.05, 0) is 71.2 Å². The maximum atomic E-state index is 13.7. The summed E-state index contributed by atoms with van der Waals surface area (Å²) < 4.78 is 19.6. The topological polar surface area (TPSA) is 53.3 Å². The molecule has 3 aliphatic rings. The molecular weight excluding hydrogens is 439 g/mol. The van der Waals surface area contributed by atoms with E-state index in [1.807, 2.05) is 29.2 Å². The van der Waals surface area contributed by atoms with Crippen LogP contribution in [0.3, 0.4) is 0 Å². The van der Waals surface area contributed by atoms with Crippen LogP contribution in [-0.2, 0) is 4.74 Å². The van der Waals surface area contributed by atoms with Crippen molar-refractivity contribution < 1.29 is 13.9 Å². The number of carbonyl (C=O) groups excluding carboxylic acids is 1. The standard InChI is InChI=1S/C30H25FN2O2/c31-21-12-13-24(20(14-21)17-32)19-15-22-6-5-7-23(16-19)33(22)30(34)35-18-29-27-10-3-1-8-25(27)26-9-2-4-11-28(26)29/h1-4,8-15,22-23,29H,5-7,16,18H2. The minimum Gasteiger partial charge on any atom is -0.448 e. The highest BCUT2D eigenvalue weighted by atomic mass is 19.1. The van der Waals surface area contributed by atoms with Crippen molar-refractivity contribution in [1.29, 1.82) is 5.26 Å². The molecule has 0 radical (unpaired) electrons. The highest BCUT2D eigenvalue weighted by Gasteiger charge is 2.39. The number of hydrogen-bond acceptors (Lipinski definition) is 3. The van der Waals surface area contributed by atoms with Crippen molar-refractivity contribution in [3.05, 3.63) is 101 Å². The SMILES string of the molecule is N#Cc1cc(F)ccc1C1=CC2CCCC(C1)N2C(=O)OCC1c2ccccc2-c2ccccc21. The molecule has 35 heavy (non-hydrogen) atoms. The molecule has 0 N–H and O–H groups in total. The number of fused-ring (bicyclic) bond motifs is 5. The summed E-state index contributed by atoms with van der Waals surface area (Å²) in [7, 11) is 0. The van der Waals surface area contributed by atoms with Gasteiger partial charge in [-0.3, -0.25) is 4.90 Å². The fourth-order valence-electron chi connectivity index (χ4n) is 6.07. The summed E-state index contributed by atoms with van der Waals surface area (Å²) >= 11 is 0. The van der Waals surface area contributed by atoms with Crippen LogP contribution in [0.15, 0.2) is 72.8 Å². The largest absolute Gasteiger partial charge is 0.448 e. The zero-order chi connectivity index (χ0) is 23.9. The number of carbonyl (C=O) groups is 1. The summed E-state index contributed by atoms with van der Waals surface area (Å²) in [5.74, 6) is -0.387. The van der Waals surface area contributed by atoms with E-state index in [2.05, 4.69) is 36.4 Å². The molecule has 174 valence electrons. The monoisotopic (exact) mass is 464 g/mol. The molecule has 1 amide bonds. The number of benzene rings is 3. The first-order valence-corrected chi connectivity index (χ1v) is 12.2. The predicted octanol–water partition coefficient (Wildman–Crippen LogP) is 6.66. The molecule has 1 aliphatic carbocycles. The van der Waals surface area contributed by atoms with Crippen molar-refractivity contribution in [3.8, 4) is 17.2 Å². The molecule has 0 aromatic heterocycles. The third-order valence-electron chi connectivity index (χ3n) is 7.63. The zero-order valence-corrected chi connectivity index (χ0v) is 19.3. The molecule has 2 unspecified atom stereocenters. The van der Waals surface area contributed by atoms with Gasteiger partial charge < -0.3 is 4.74 Å². The Bertz CT molecular complexity index is 1340. The smallest absolute Gasteiger partial charge is 0.410 e. The molecule has 0 saturated carbocycles. The van der Waals surface area contributed by atoms with Gasteiger partial charge in [0.25, 0.3) is 0 Å². The van der Waals surface area contributed by atoms with Gasteiger partial charge in [-0.25, -0.2) is 9.18 Å². The second kappa shape index (κ2) is 8.70. The molecule has 1 saturated heterocycles. The molecule has 2 aliphatic heterocycles. The van der Waals surface area contributed by atoms with Crippen LogP contribution in [-0.4, -0.2) is 29.7 Å². The van der Waals surface area contributed by atoms with Gasteiger partial charge in [0.2, 0.25) is 0 Å². The Hall–Kier alpha value is -3.91. The second-order valence-corrected chi connectivity index (χ2v) is 9.56. The first kappa shape index (κ1) is 21.6. The molecule has 5 heteroatoms. The van der Waals surface area contributed by atoms with Gasteiger partial charge in [-0.15, -0.1) is 0 Å². The summed E-state index contributed by atoms with van der Waals surface area (Å²) in [6, 6.07) is 23.1. The first-order valence-electron chi connectivity index (χ1n) is 12.2. The van der Waals surface area contributed by atoms with Crippen molar-refractivity contribution in [3.63, 3.8) is 0 Å². The van der Waals surface area contributed by atoms with Crippen molar-refractivity contribution >= 4 is 11.7 Å². The van der Waals surface area contributed by atoms with Crippen LogP contribution in [0.2, 0.25) is 0 Å². The van der Waals surface area contributed by atoms with E-state index in [1.54, 1.807) is 6.07 Å².